The Kier molecular flexibility index (Phi) is 4.86. The third-order valence-corrected chi connectivity index (χ3v) is 5.66. The van der Waals surface area contributed by atoms with E-state index in [-0.39, 0.29) is 5.92 Å². The summed E-state index contributed by atoms with van der Waals surface area (Å²) in [5, 5.41) is 0. The quantitative estimate of drug-likeness (QED) is 0.858. The normalized spacial score (nSPS) is 25.0. The maximum atomic E-state index is 12.6. The van der Waals surface area contributed by atoms with Crippen LogP contribution in [0.1, 0.15) is 24.9 Å². The molecule has 114 valence electrons. The van der Waals surface area contributed by atoms with Gasteiger partial charge in [-0.25, -0.2) is 0 Å². The van der Waals surface area contributed by atoms with Gasteiger partial charge in [0.05, 0.1) is 5.92 Å². The molecule has 2 aliphatic rings. The van der Waals surface area contributed by atoms with Crippen LogP contribution in [-0.4, -0.2) is 53.4 Å². The van der Waals surface area contributed by atoms with Gasteiger partial charge in [0.15, 0.2) is 0 Å². The molecule has 0 spiro atoms. The first-order chi connectivity index (χ1) is 10.3. The predicted molar refractivity (Wildman–Crippen MR) is 88.4 cm³/mol. The molecule has 1 aromatic carbocycles. The van der Waals surface area contributed by atoms with E-state index in [1.165, 1.54) is 5.56 Å². The molecule has 2 saturated heterocycles. The monoisotopic (exact) mass is 304 g/mol. The lowest BCUT2D eigenvalue weighted by molar-refractivity contribution is -0.134. The van der Waals surface area contributed by atoms with Gasteiger partial charge in [-0.2, -0.15) is 11.8 Å². The predicted octanol–water partition coefficient (Wildman–Crippen LogP) is 2.64. The highest BCUT2D eigenvalue weighted by Crippen LogP contribution is 2.28. The maximum absolute atomic E-state index is 12.6. The molecule has 0 aromatic heterocycles. The van der Waals surface area contributed by atoms with Crippen molar-refractivity contribution in [1.29, 1.82) is 0 Å². The Labute approximate surface area is 131 Å². The second kappa shape index (κ2) is 6.84. The molecule has 2 unspecified atom stereocenters. The van der Waals surface area contributed by atoms with Gasteiger partial charge in [-0.05, 0) is 25.5 Å². The summed E-state index contributed by atoms with van der Waals surface area (Å²) < 4.78 is 0. The SMILES string of the molecule is CC(c1ccccc1)N1CCC(C(=O)N2CCSCC2)C1. The van der Waals surface area contributed by atoms with Crippen molar-refractivity contribution < 1.29 is 4.79 Å². The zero-order valence-electron chi connectivity index (χ0n) is 12.7. The molecule has 2 atom stereocenters. The van der Waals surface area contributed by atoms with Crippen molar-refractivity contribution in [3.63, 3.8) is 0 Å². The van der Waals surface area contributed by atoms with Crippen molar-refractivity contribution in [2.45, 2.75) is 19.4 Å². The summed E-state index contributed by atoms with van der Waals surface area (Å²) in [6.45, 7) is 6.08. The van der Waals surface area contributed by atoms with Crippen LogP contribution in [0.5, 0.6) is 0 Å². The van der Waals surface area contributed by atoms with Gasteiger partial charge in [-0.15, -0.1) is 0 Å². The minimum Gasteiger partial charge on any atom is -0.341 e. The van der Waals surface area contributed by atoms with E-state index in [9.17, 15) is 4.79 Å². The van der Waals surface area contributed by atoms with Gasteiger partial charge in [0.1, 0.15) is 0 Å². The lowest BCUT2D eigenvalue weighted by atomic mass is 10.1. The number of hydrogen-bond donors (Lipinski definition) is 0. The van der Waals surface area contributed by atoms with Crippen LogP contribution < -0.4 is 0 Å². The summed E-state index contributed by atoms with van der Waals surface area (Å²) in [5.41, 5.74) is 1.35. The Morgan fingerprint density at radius 3 is 2.62 bits per heavy atom. The molecule has 0 N–H and O–H groups in total. The standard InChI is InChI=1S/C17H24N2OS/c1-14(15-5-3-2-4-6-15)19-8-7-16(13-19)17(20)18-9-11-21-12-10-18/h2-6,14,16H,7-13H2,1H3. The molecule has 3 rings (SSSR count). The lowest BCUT2D eigenvalue weighted by Crippen LogP contribution is -2.42. The van der Waals surface area contributed by atoms with Crippen LogP contribution in [0.4, 0.5) is 0 Å². The van der Waals surface area contributed by atoms with Crippen LogP contribution in [0, 0.1) is 5.92 Å². The smallest absolute Gasteiger partial charge is 0.227 e. The summed E-state index contributed by atoms with van der Waals surface area (Å²) in [7, 11) is 0. The number of nitrogens with zero attached hydrogens (tertiary/aromatic N) is 2. The van der Waals surface area contributed by atoms with Crippen LogP contribution in [0.2, 0.25) is 0 Å². The first-order valence-corrected chi connectivity index (χ1v) is 9.06. The van der Waals surface area contributed by atoms with Crippen LogP contribution in [-0.2, 0) is 4.79 Å². The molecule has 1 aromatic rings. The molecule has 0 saturated carbocycles. The van der Waals surface area contributed by atoms with Gasteiger partial charge in [-0.3, -0.25) is 9.69 Å². The van der Waals surface area contributed by atoms with Gasteiger partial charge in [0.2, 0.25) is 5.91 Å². The van der Waals surface area contributed by atoms with Crippen molar-refractivity contribution in [3.05, 3.63) is 35.9 Å². The number of thioether (sulfide) groups is 1. The van der Waals surface area contributed by atoms with E-state index in [2.05, 4.69) is 47.1 Å². The molecule has 1 amide bonds. The average Bonchev–Trinajstić information content (AvgIpc) is 3.05. The van der Waals surface area contributed by atoms with Crippen LogP contribution in [0.3, 0.4) is 0 Å². The molecular weight excluding hydrogens is 280 g/mol. The molecule has 2 aliphatic heterocycles. The van der Waals surface area contributed by atoms with E-state index in [0.717, 1.165) is 44.1 Å². The van der Waals surface area contributed by atoms with Crippen molar-refractivity contribution in [1.82, 2.24) is 9.80 Å². The average molecular weight is 304 g/mol. The number of hydrogen-bond acceptors (Lipinski definition) is 3. The number of amides is 1. The van der Waals surface area contributed by atoms with Gasteiger partial charge < -0.3 is 4.90 Å². The van der Waals surface area contributed by atoms with Crippen molar-refractivity contribution in [2.75, 3.05) is 37.7 Å². The third-order valence-electron chi connectivity index (χ3n) is 4.72. The summed E-state index contributed by atoms with van der Waals surface area (Å²) in [6.07, 6.45) is 1.01. The fourth-order valence-corrected chi connectivity index (χ4v) is 4.23. The molecule has 0 bridgehead atoms. The van der Waals surface area contributed by atoms with Crippen molar-refractivity contribution in [2.24, 2.45) is 5.92 Å². The largest absolute Gasteiger partial charge is 0.341 e. The van der Waals surface area contributed by atoms with E-state index in [1.807, 2.05) is 11.8 Å². The number of benzene rings is 1. The molecule has 0 aliphatic carbocycles. The Morgan fingerprint density at radius 2 is 1.90 bits per heavy atom. The second-order valence-electron chi connectivity index (χ2n) is 6.00. The molecular formula is C17H24N2OS. The van der Waals surface area contributed by atoms with Gasteiger partial charge in [-0.1, -0.05) is 30.3 Å². The number of rotatable bonds is 3. The van der Waals surface area contributed by atoms with E-state index >= 15 is 0 Å². The second-order valence-corrected chi connectivity index (χ2v) is 7.23. The van der Waals surface area contributed by atoms with Crippen molar-refractivity contribution in [3.8, 4) is 0 Å². The van der Waals surface area contributed by atoms with Crippen LogP contribution in [0.25, 0.3) is 0 Å². The van der Waals surface area contributed by atoms with Gasteiger partial charge in [0, 0.05) is 37.2 Å². The fourth-order valence-electron chi connectivity index (χ4n) is 3.32. The highest BCUT2D eigenvalue weighted by Gasteiger charge is 2.33. The Morgan fingerprint density at radius 1 is 1.19 bits per heavy atom. The maximum Gasteiger partial charge on any atom is 0.227 e. The molecule has 4 heteroatoms. The zero-order chi connectivity index (χ0) is 14.7. The molecule has 0 radical (unpaired) electrons. The van der Waals surface area contributed by atoms with E-state index in [1.54, 1.807) is 0 Å². The number of carbonyl (C=O) groups is 1. The topological polar surface area (TPSA) is 23.6 Å². The Bertz CT molecular complexity index is 473. The van der Waals surface area contributed by atoms with Crippen LogP contribution >= 0.6 is 11.8 Å². The first-order valence-electron chi connectivity index (χ1n) is 7.91. The highest BCUT2D eigenvalue weighted by atomic mass is 32.2. The highest BCUT2D eigenvalue weighted by molar-refractivity contribution is 7.99. The zero-order valence-corrected chi connectivity index (χ0v) is 13.5. The Hall–Kier alpha value is -1.00. The summed E-state index contributed by atoms with van der Waals surface area (Å²) in [5.74, 6) is 2.79. The molecule has 2 fully saturated rings. The molecule has 3 nitrogen and oxygen atoms in total. The van der Waals surface area contributed by atoms with Gasteiger partial charge >= 0.3 is 0 Å². The van der Waals surface area contributed by atoms with E-state index in [0.29, 0.717) is 11.9 Å². The van der Waals surface area contributed by atoms with E-state index in [4.69, 9.17) is 0 Å². The molecule has 21 heavy (non-hydrogen) atoms. The Balaban J connectivity index is 1.58. The summed E-state index contributed by atoms with van der Waals surface area (Å²) in [6, 6.07) is 11.0. The minimum absolute atomic E-state index is 0.208. The summed E-state index contributed by atoms with van der Waals surface area (Å²) in [4.78, 5) is 17.1. The van der Waals surface area contributed by atoms with Crippen LogP contribution in [0.15, 0.2) is 30.3 Å². The number of likely N-dealkylation sites (tertiary alicyclic amines) is 1. The van der Waals surface area contributed by atoms with E-state index < -0.39 is 0 Å². The number of carbonyl (C=O) groups excluding carboxylic acids is 1. The minimum atomic E-state index is 0.208. The third kappa shape index (κ3) is 3.43. The summed E-state index contributed by atoms with van der Waals surface area (Å²) >= 11 is 1.96. The first kappa shape index (κ1) is 14.9. The fraction of sp³-hybridized carbons (Fsp3) is 0.588. The van der Waals surface area contributed by atoms with Gasteiger partial charge in [0.25, 0.3) is 0 Å². The molecule has 2 heterocycles. The lowest BCUT2D eigenvalue weighted by Gasteiger charge is -2.29. The van der Waals surface area contributed by atoms with Crippen molar-refractivity contribution >= 4 is 17.7 Å².